The quantitative estimate of drug-likeness (QED) is 0.583. The van der Waals surface area contributed by atoms with Gasteiger partial charge >= 0.3 is 0 Å². The highest BCUT2D eigenvalue weighted by Crippen LogP contribution is 2.11. The average Bonchev–Trinajstić information content (AvgIpc) is 2.88. The van der Waals surface area contributed by atoms with E-state index >= 15 is 0 Å². The maximum atomic E-state index is 5.47. The first-order chi connectivity index (χ1) is 9.90. The first kappa shape index (κ1) is 15.0. The molecular formula is C16H26N4. The number of nitrogens with one attached hydrogen (secondary N) is 2. The summed E-state index contributed by atoms with van der Waals surface area (Å²) in [6.45, 7) is 3.00. The molecule has 0 saturated heterocycles. The van der Waals surface area contributed by atoms with Crippen molar-refractivity contribution in [3.8, 4) is 0 Å². The van der Waals surface area contributed by atoms with Crippen LogP contribution in [0.2, 0.25) is 0 Å². The zero-order valence-electron chi connectivity index (χ0n) is 12.2. The van der Waals surface area contributed by atoms with Crippen molar-refractivity contribution >= 4 is 11.0 Å². The molecule has 4 nitrogen and oxygen atoms in total. The number of fused-ring (bicyclic) bond motifs is 1. The predicted octanol–water partition coefficient (Wildman–Crippen LogP) is 2.60. The smallest absolute Gasteiger partial charge is 0.107 e. The van der Waals surface area contributed by atoms with Gasteiger partial charge in [0.15, 0.2) is 0 Å². The topological polar surface area (TPSA) is 66.7 Å². The summed E-state index contributed by atoms with van der Waals surface area (Å²) in [6.07, 6.45) is 7.10. The molecule has 0 amide bonds. The van der Waals surface area contributed by atoms with Gasteiger partial charge < -0.3 is 16.0 Å². The third-order valence-electron chi connectivity index (χ3n) is 3.51. The Morgan fingerprint density at radius 3 is 2.65 bits per heavy atom. The third kappa shape index (κ3) is 4.94. The Hall–Kier alpha value is -1.39. The number of benzene rings is 1. The largest absolute Gasteiger partial charge is 0.342 e. The van der Waals surface area contributed by atoms with E-state index in [2.05, 4.69) is 27.4 Å². The molecule has 4 N–H and O–H groups in total. The molecule has 0 aliphatic rings. The monoisotopic (exact) mass is 274 g/mol. The van der Waals surface area contributed by atoms with Crippen LogP contribution in [0.3, 0.4) is 0 Å². The molecule has 0 atom stereocenters. The van der Waals surface area contributed by atoms with E-state index in [0.29, 0.717) is 0 Å². The Balaban J connectivity index is 1.55. The standard InChI is InChI=1S/C16H26N4/c17-11-5-1-2-6-12-18-13-7-10-16-19-14-8-3-4-9-15(14)20-16/h3-4,8-9,18H,1-2,5-7,10-13,17H2,(H,19,20). The highest BCUT2D eigenvalue weighted by Gasteiger charge is 2.01. The minimum absolute atomic E-state index is 0.824. The van der Waals surface area contributed by atoms with Crippen molar-refractivity contribution in [2.24, 2.45) is 5.73 Å². The van der Waals surface area contributed by atoms with Crippen molar-refractivity contribution in [1.82, 2.24) is 15.3 Å². The number of hydrogen-bond donors (Lipinski definition) is 3. The van der Waals surface area contributed by atoms with Crippen LogP contribution in [0.1, 0.15) is 37.9 Å². The van der Waals surface area contributed by atoms with Gasteiger partial charge in [0.25, 0.3) is 0 Å². The minimum atomic E-state index is 0.824. The van der Waals surface area contributed by atoms with E-state index in [-0.39, 0.29) is 0 Å². The summed E-state index contributed by atoms with van der Waals surface area (Å²) >= 11 is 0. The van der Waals surface area contributed by atoms with Crippen molar-refractivity contribution < 1.29 is 0 Å². The van der Waals surface area contributed by atoms with E-state index in [1.165, 1.54) is 19.3 Å². The summed E-state index contributed by atoms with van der Waals surface area (Å²) in [5, 5.41) is 3.49. The van der Waals surface area contributed by atoms with Gasteiger partial charge in [-0.25, -0.2) is 4.98 Å². The van der Waals surface area contributed by atoms with Gasteiger partial charge in [-0.2, -0.15) is 0 Å². The zero-order valence-corrected chi connectivity index (χ0v) is 12.2. The Morgan fingerprint density at radius 1 is 1.00 bits per heavy atom. The van der Waals surface area contributed by atoms with E-state index in [1.807, 2.05) is 12.1 Å². The van der Waals surface area contributed by atoms with Gasteiger partial charge in [-0.3, -0.25) is 0 Å². The summed E-state index contributed by atoms with van der Waals surface area (Å²) in [5.74, 6) is 1.09. The highest BCUT2D eigenvalue weighted by atomic mass is 14.9. The van der Waals surface area contributed by atoms with Crippen molar-refractivity contribution in [3.63, 3.8) is 0 Å². The number of rotatable bonds is 10. The molecule has 110 valence electrons. The first-order valence-corrected chi connectivity index (χ1v) is 7.74. The summed E-state index contributed by atoms with van der Waals surface area (Å²) in [7, 11) is 0. The lowest BCUT2D eigenvalue weighted by molar-refractivity contribution is 0.577. The molecule has 1 heterocycles. The van der Waals surface area contributed by atoms with Gasteiger partial charge in [0.1, 0.15) is 5.82 Å². The number of aryl methyl sites for hydroxylation is 1. The lowest BCUT2D eigenvalue weighted by atomic mass is 10.2. The van der Waals surface area contributed by atoms with Crippen LogP contribution in [-0.4, -0.2) is 29.6 Å². The molecule has 0 saturated carbocycles. The van der Waals surface area contributed by atoms with Crippen LogP contribution < -0.4 is 11.1 Å². The maximum Gasteiger partial charge on any atom is 0.107 e. The fourth-order valence-corrected chi connectivity index (χ4v) is 2.38. The van der Waals surface area contributed by atoms with Crippen molar-refractivity contribution in [2.75, 3.05) is 19.6 Å². The lowest BCUT2D eigenvalue weighted by Gasteiger charge is -2.03. The van der Waals surface area contributed by atoms with Gasteiger partial charge in [-0.1, -0.05) is 25.0 Å². The molecule has 0 aliphatic heterocycles. The second-order valence-electron chi connectivity index (χ2n) is 5.26. The second kappa shape index (κ2) is 8.72. The van der Waals surface area contributed by atoms with E-state index in [1.54, 1.807) is 0 Å². The molecule has 0 aliphatic carbocycles. The molecule has 0 bridgehead atoms. The third-order valence-corrected chi connectivity index (χ3v) is 3.51. The van der Waals surface area contributed by atoms with Gasteiger partial charge in [0, 0.05) is 6.42 Å². The first-order valence-electron chi connectivity index (χ1n) is 7.74. The number of H-pyrrole nitrogens is 1. The lowest BCUT2D eigenvalue weighted by Crippen LogP contribution is -2.17. The van der Waals surface area contributed by atoms with E-state index in [0.717, 1.165) is 55.8 Å². The molecule has 4 heteroatoms. The predicted molar refractivity (Wildman–Crippen MR) is 84.8 cm³/mol. The van der Waals surface area contributed by atoms with Crippen LogP contribution in [0, 0.1) is 0 Å². The van der Waals surface area contributed by atoms with Crippen LogP contribution in [0.5, 0.6) is 0 Å². The van der Waals surface area contributed by atoms with E-state index in [4.69, 9.17) is 5.73 Å². The van der Waals surface area contributed by atoms with Crippen LogP contribution in [0.4, 0.5) is 0 Å². The summed E-state index contributed by atoms with van der Waals surface area (Å²) in [5.41, 5.74) is 7.67. The molecule has 1 aromatic heterocycles. The summed E-state index contributed by atoms with van der Waals surface area (Å²) in [4.78, 5) is 7.96. The average molecular weight is 274 g/mol. The maximum absolute atomic E-state index is 5.47. The van der Waals surface area contributed by atoms with Crippen LogP contribution in [0.15, 0.2) is 24.3 Å². The number of hydrogen-bond acceptors (Lipinski definition) is 3. The van der Waals surface area contributed by atoms with Gasteiger partial charge in [-0.15, -0.1) is 0 Å². The van der Waals surface area contributed by atoms with Crippen LogP contribution in [0.25, 0.3) is 11.0 Å². The Kier molecular flexibility index (Phi) is 6.54. The Labute approximate surface area is 121 Å². The molecule has 1 aromatic carbocycles. The van der Waals surface area contributed by atoms with Crippen molar-refractivity contribution in [2.45, 2.75) is 38.5 Å². The Morgan fingerprint density at radius 2 is 1.80 bits per heavy atom. The second-order valence-corrected chi connectivity index (χ2v) is 5.26. The highest BCUT2D eigenvalue weighted by molar-refractivity contribution is 5.74. The van der Waals surface area contributed by atoms with Crippen LogP contribution >= 0.6 is 0 Å². The van der Waals surface area contributed by atoms with Crippen molar-refractivity contribution in [1.29, 1.82) is 0 Å². The molecule has 0 fully saturated rings. The number of para-hydroxylation sites is 2. The minimum Gasteiger partial charge on any atom is -0.342 e. The van der Waals surface area contributed by atoms with Crippen LogP contribution in [-0.2, 0) is 6.42 Å². The molecular weight excluding hydrogens is 248 g/mol. The molecule has 2 rings (SSSR count). The fraction of sp³-hybridized carbons (Fsp3) is 0.562. The van der Waals surface area contributed by atoms with Gasteiger partial charge in [-0.05, 0) is 51.0 Å². The summed E-state index contributed by atoms with van der Waals surface area (Å²) in [6, 6.07) is 8.19. The number of nitrogens with zero attached hydrogens (tertiary/aromatic N) is 1. The number of nitrogens with two attached hydrogens (primary N) is 1. The van der Waals surface area contributed by atoms with E-state index in [9.17, 15) is 0 Å². The molecule has 0 radical (unpaired) electrons. The molecule has 0 unspecified atom stereocenters. The molecule has 20 heavy (non-hydrogen) atoms. The normalized spacial score (nSPS) is 11.2. The molecule has 0 spiro atoms. The molecule has 2 aromatic rings. The summed E-state index contributed by atoms with van der Waals surface area (Å²) < 4.78 is 0. The number of aromatic amines is 1. The van der Waals surface area contributed by atoms with Gasteiger partial charge in [0.05, 0.1) is 11.0 Å². The Bertz CT molecular complexity index is 459. The van der Waals surface area contributed by atoms with E-state index < -0.39 is 0 Å². The van der Waals surface area contributed by atoms with Gasteiger partial charge in [0.2, 0.25) is 0 Å². The van der Waals surface area contributed by atoms with Crippen molar-refractivity contribution in [3.05, 3.63) is 30.1 Å². The number of unbranched alkanes of at least 4 members (excludes halogenated alkanes) is 3. The SMILES string of the molecule is NCCCCCCNCCCc1nc2ccccc2[nH]1. The fourth-order valence-electron chi connectivity index (χ4n) is 2.38. The number of aromatic nitrogens is 2. The zero-order chi connectivity index (χ0) is 14.0. The number of imidazole rings is 1.